The molecule has 1 fully saturated rings. The van der Waals surface area contributed by atoms with Gasteiger partial charge in [-0.05, 0) is 79.9 Å². The fourth-order valence-electron chi connectivity index (χ4n) is 4.15. The third-order valence-corrected chi connectivity index (χ3v) is 5.73. The highest BCUT2D eigenvalue weighted by Crippen LogP contribution is 2.35. The van der Waals surface area contributed by atoms with Gasteiger partial charge in [-0.25, -0.2) is 19.3 Å². The van der Waals surface area contributed by atoms with Crippen LogP contribution in [0.4, 0.5) is 17.6 Å². The highest BCUT2D eigenvalue weighted by molar-refractivity contribution is 5.80. The number of hydrogen-bond acceptors (Lipinski definition) is 4. The van der Waals surface area contributed by atoms with Gasteiger partial charge in [0, 0.05) is 18.0 Å². The minimum atomic E-state index is -4.67. The second kappa shape index (κ2) is 7.98. The number of imidazole rings is 1. The molecule has 9 heteroatoms. The largest absolute Gasteiger partial charge is 0.451 e. The molecule has 5 nitrogen and oxygen atoms in total. The Kier molecular flexibility index (Phi) is 5.13. The molecule has 5 rings (SSSR count). The minimum absolute atomic E-state index is 0.0915. The second-order valence-corrected chi connectivity index (χ2v) is 7.79. The fourth-order valence-corrected chi connectivity index (χ4v) is 4.15. The van der Waals surface area contributed by atoms with Gasteiger partial charge in [-0.1, -0.05) is 0 Å². The number of halogens is 4. The van der Waals surface area contributed by atoms with E-state index in [1.165, 1.54) is 18.2 Å². The van der Waals surface area contributed by atoms with Crippen molar-refractivity contribution in [3.05, 3.63) is 72.1 Å². The number of aromatic nitrogens is 4. The van der Waals surface area contributed by atoms with Crippen LogP contribution in [0.25, 0.3) is 28.3 Å². The van der Waals surface area contributed by atoms with Crippen LogP contribution in [0.3, 0.4) is 0 Å². The van der Waals surface area contributed by atoms with Crippen LogP contribution in [0.2, 0.25) is 0 Å². The van der Waals surface area contributed by atoms with Crippen molar-refractivity contribution >= 4 is 5.65 Å². The monoisotopic (exact) mass is 441 g/mol. The van der Waals surface area contributed by atoms with Crippen molar-refractivity contribution in [3.8, 4) is 22.6 Å². The molecule has 0 aliphatic carbocycles. The smallest absolute Gasteiger partial charge is 0.317 e. The molecule has 1 saturated heterocycles. The number of fused-ring (bicyclic) bond motifs is 1. The standard InChI is InChI=1S/C23H19F4N5/c24-17-3-1-15(2-4-17)20-21(18-7-11-29-22(30-18)23(25,26)27)32-12-8-16(13-19(32)31-20)14-5-9-28-10-6-14/h1-4,7-8,11-14,28H,5-6,9-10H2. The normalized spacial score (nSPS) is 15.4. The van der Waals surface area contributed by atoms with Crippen molar-refractivity contribution < 1.29 is 17.6 Å². The first kappa shape index (κ1) is 20.6. The Bertz CT molecular complexity index is 1260. The number of alkyl halides is 3. The van der Waals surface area contributed by atoms with Gasteiger partial charge in [0.2, 0.25) is 5.82 Å². The fraction of sp³-hybridized carbons (Fsp3) is 0.261. The molecule has 32 heavy (non-hydrogen) atoms. The predicted molar refractivity (Wildman–Crippen MR) is 111 cm³/mol. The van der Waals surface area contributed by atoms with Crippen LogP contribution in [0.15, 0.2) is 54.9 Å². The van der Waals surface area contributed by atoms with E-state index in [0.29, 0.717) is 28.5 Å². The maximum Gasteiger partial charge on any atom is 0.451 e. The molecule has 0 saturated carbocycles. The van der Waals surface area contributed by atoms with E-state index < -0.39 is 17.8 Å². The van der Waals surface area contributed by atoms with Gasteiger partial charge >= 0.3 is 6.18 Å². The first-order chi connectivity index (χ1) is 15.4. The molecular formula is C23H19F4N5. The Hall–Kier alpha value is -3.33. The summed E-state index contributed by atoms with van der Waals surface area (Å²) in [5, 5.41) is 3.34. The number of piperidine rings is 1. The Balaban J connectivity index is 1.70. The molecule has 1 aliphatic rings. The zero-order valence-corrected chi connectivity index (χ0v) is 16.9. The zero-order chi connectivity index (χ0) is 22.3. The van der Waals surface area contributed by atoms with Crippen molar-refractivity contribution in [2.24, 2.45) is 0 Å². The summed E-state index contributed by atoms with van der Waals surface area (Å²) in [6.45, 7) is 1.88. The van der Waals surface area contributed by atoms with Crippen LogP contribution in [0.1, 0.15) is 30.1 Å². The van der Waals surface area contributed by atoms with Crippen molar-refractivity contribution in [1.29, 1.82) is 0 Å². The Morgan fingerprint density at radius 2 is 1.72 bits per heavy atom. The van der Waals surface area contributed by atoms with E-state index in [0.717, 1.165) is 37.7 Å². The molecule has 0 bridgehead atoms. The molecule has 0 spiro atoms. The minimum Gasteiger partial charge on any atom is -0.317 e. The first-order valence-corrected chi connectivity index (χ1v) is 10.3. The number of rotatable bonds is 3. The number of nitrogens with one attached hydrogen (secondary N) is 1. The zero-order valence-electron chi connectivity index (χ0n) is 16.9. The summed E-state index contributed by atoms with van der Waals surface area (Å²) in [7, 11) is 0. The topological polar surface area (TPSA) is 55.1 Å². The van der Waals surface area contributed by atoms with Crippen molar-refractivity contribution in [2.45, 2.75) is 24.9 Å². The van der Waals surface area contributed by atoms with Crippen molar-refractivity contribution in [3.63, 3.8) is 0 Å². The van der Waals surface area contributed by atoms with Gasteiger partial charge in [0.15, 0.2) is 0 Å². The van der Waals surface area contributed by atoms with Crippen LogP contribution < -0.4 is 5.32 Å². The van der Waals surface area contributed by atoms with Gasteiger partial charge in [-0.3, -0.25) is 4.40 Å². The van der Waals surface area contributed by atoms with Gasteiger partial charge in [-0.2, -0.15) is 13.2 Å². The van der Waals surface area contributed by atoms with Crippen LogP contribution in [-0.2, 0) is 6.18 Å². The van der Waals surface area contributed by atoms with Gasteiger partial charge in [0.05, 0.1) is 17.1 Å². The number of pyridine rings is 1. The number of benzene rings is 1. The Morgan fingerprint density at radius 1 is 0.969 bits per heavy atom. The molecule has 1 aliphatic heterocycles. The highest BCUT2D eigenvalue weighted by atomic mass is 19.4. The molecule has 1 N–H and O–H groups in total. The summed E-state index contributed by atoms with van der Waals surface area (Å²) in [6.07, 6.45) is 0.249. The number of nitrogens with zero attached hydrogens (tertiary/aromatic N) is 4. The third-order valence-electron chi connectivity index (χ3n) is 5.73. The molecular weight excluding hydrogens is 422 g/mol. The lowest BCUT2D eigenvalue weighted by atomic mass is 9.91. The van der Waals surface area contributed by atoms with E-state index in [4.69, 9.17) is 4.98 Å². The average Bonchev–Trinajstić information content (AvgIpc) is 3.18. The summed E-state index contributed by atoms with van der Waals surface area (Å²) in [4.78, 5) is 11.9. The van der Waals surface area contributed by atoms with Crippen LogP contribution in [-0.4, -0.2) is 32.4 Å². The van der Waals surface area contributed by atoms with Crippen LogP contribution in [0.5, 0.6) is 0 Å². The Labute approximate surface area is 181 Å². The van der Waals surface area contributed by atoms with E-state index in [1.807, 2.05) is 18.3 Å². The van der Waals surface area contributed by atoms with E-state index in [-0.39, 0.29) is 5.69 Å². The number of hydrogen-bond donors (Lipinski definition) is 1. The van der Waals surface area contributed by atoms with Crippen molar-refractivity contribution in [1.82, 2.24) is 24.7 Å². The van der Waals surface area contributed by atoms with Gasteiger partial charge in [0.25, 0.3) is 0 Å². The van der Waals surface area contributed by atoms with E-state index in [1.54, 1.807) is 16.5 Å². The van der Waals surface area contributed by atoms with Gasteiger partial charge in [-0.15, -0.1) is 0 Å². The molecule has 1 aromatic carbocycles. The summed E-state index contributed by atoms with van der Waals surface area (Å²) < 4.78 is 55.0. The van der Waals surface area contributed by atoms with Crippen LogP contribution in [0, 0.1) is 5.82 Å². The predicted octanol–water partition coefficient (Wildman–Crippen LogP) is 5.08. The highest BCUT2D eigenvalue weighted by Gasteiger charge is 2.35. The maximum absolute atomic E-state index is 13.5. The summed E-state index contributed by atoms with van der Waals surface area (Å²) in [6, 6.07) is 11.1. The average molecular weight is 441 g/mol. The summed E-state index contributed by atoms with van der Waals surface area (Å²) >= 11 is 0. The lowest BCUT2D eigenvalue weighted by Gasteiger charge is -2.23. The van der Waals surface area contributed by atoms with E-state index in [9.17, 15) is 17.6 Å². The van der Waals surface area contributed by atoms with Crippen molar-refractivity contribution in [2.75, 3.05) is 13.1 Å². The summed E-state index contributed by atoms with van der Waals surface area (Å²) in [5.74, 6) is -1.23. The molecule has 4 heterocycles. The Morgan fingerprint density at radius 3 is 2.44 bits per heavy atom. The quantitative estimate of drug-likeness (QED) is 0.451. The molecule has 3 aromatic heterocycles. The molecule has 0 amide bonds. The molecule has 4 aromatic rings. The van der Waals surface area contributed by atoms with Gasteiger partial charge < -0.3 is 5.32 Å². The summed E-state index contributed by atoms with van der Waals surface area (Å²) in [5.41, 5.74) is 3.24. The van der Waals surface area contributed by atoms with Gasteiger partial charge in [0.1, 0.15) is 11.5 Å². The molecule has 0 unspecified atom stereocenters. The van der Waals surface area contributed by atoms with E-state index in [2.05, 4.69) is 15.3 Å². The third kappa shape index (κ3) is 3.84. The molecule has 0 radical (unpaired) electrons. The maximum atomic E-state index is 13.5. The molecule has 164 valence electrons. The SMILES string of the molecule is Fc1ccc(-c2nc3cc(C4CCNCC4)ccn3c2-c2ccnc(C(F)(F)F)n2)cc1. The van der Waals surface area contributed by atoms with Crippen LogP contribution >= 0.6 is 0 Å². The first-order valence-electron chi connectivity index (χ1n) is 10.3. The lowest BCUT2D eigenvalue weighted by molar-refractivity contribution is -0.144. The lowest BCUT2D eigenvalue weighted by Crippen LogP contribution is -2.26. The molecule has 0 atom stereocenters. The van der Waals surface area contributed by atoms with E-state index >= 15 is 0 Å². The second-order valence-electron chi connectivity index (χ2n) is 7.79.